The number of amides is 2. The molecule has 2 fully saturated rings. The van der Waals surface area contributed by atoms with Crippen molar-refractivity contribution >= 4 is 17.8 Å². The maximum Gasteiger partial charge on any atom is 0.243 e. The van der Waals surface area contributed by atoms with Crippen LogP contribution in [-0.4, -0.2) is 112 Å². The van der Waals surface area contributed by atoms with E-state index < -0.39 is 0 Å². The Morgan fingerprint density at radius 3 is 2.64 bits per heavy atom. The van der Waals surface area contributed by atoms with Crippen LogP contribution in [-0.2, 0) is 14.3 Å². The Hall–Kier alpha value is -1.87. The molecule has 9 heteroatoms. The van der Waals surface area contributed by atoms with Crippen molar-refractivity contribution < 1.29 is 14.3 Å². The standard InChI is InChI=1S/C19H36N6O3/c1-4-17(26)25-9-6-16(15-25)22-19(21-14-18(27)23(2)3)20-7-5-8-24-10-12-28-13-11-24/h16H,4-15H2,1-3H3,(H2,20,21,22). The van der Waals surface area contributed by atoms with Gasteiger partial charge < -0.3 is 25.2 Å². The number of hydrogen-bond donors (Lipinski definition) is 2. The normalized spacial score (nSPS) is 20.9. The first-order chi connectivity index (χ1) is 13.5. The van der Waals surface area contributed by atoms with E-state index in [0.717, 1.165) is 58.8 Å². The topological polar surface area (TPSA) is 89.5 Å². The Balaban J connectivity index is 1.81. The number of nitrogens with one attached hydrogen (secondary N) is 2. The molecule has 2 amide bonds. The third-order valence-electron chi connectivity index (χ3n) is 5.10. The lowest BCUT2D eigenvalue weighted by Crippen LogP contribution is -2.46. The SMILES string of the molecule is CCC(=O)N1CCC(NC(=NCC(=O)N(C)C)NCCCN2CCOCC2)C1. The minimum Gasteiger partial charge on any atom is -0.379 e. The first kappa shape index (κ1) is 22.4. The predicted molar refractivity (Wildman–Crippen MR) is 109 cm³/mol. The van der Waals surface area contributed by atoms with E-state index in [1.54, 1.807) is 14.1 Å². The molecule has 2 saturated heterocycles. The second kappa shape index (κ2) is 11.9. The highest BCUT2D eigenvalue weighted by Crippen LogP contribution is 2.10. The summed E-state index contributed by atoms with van der Waals surface area (Å²) in [6.07, 6.45) is 2.42. The van der Waals surface area contributed by atoms with Crippen LogP contribution < -0.4 is 10.6 Å². The van der Waals surface area contributed by atoms with E-state index in [1.165, 1.54) is 4.90 Å². The van der Waals surface area contributed by atoms with Crippen LogP contribution in [0.2, 0.25) is 0 Å². The Kier molecular flexibility index (Phi) is 9.49. The first-order valence-corrected chi connectivity index (χ1v) is 10.3. The third-order valence-corrected chi connectivity index (χ3v) is 5.10. The summed E-state index contributed by atoms with van der Waals surface area (Å²) in [7, 11) is 3.46. The highest BCUT2D eigenvalue weighted by molar-refractivity contribution is 5.85. The lowest BCUT2D eigenvalue weighted by Gasteiger charge is -2.26. The summed E-state index contributed by atoms with van der Waals surface area (Å²) in [4.78, 5) is 34.1. The first-order valence-electron chi connectivity index (χ1n) is 10.3. The number of likely N-dealkylation sites (N-methyl/N-ethyl adjacent to an activating group) is 1. The van der Waals surface area contributed by atoms with Crippen LogP contribution in [0.1, 0.15) is 26.2 Å². The van der Waals surface area contributed by atoms with E-state index >= 15 is 0 Å². The number of carbonyl (C=O) groups is 2. The molecule has 0 saturated carbocycles. The van der Waals surface area contributed by atoms with Crippen molar-refractivity contribution in [1.82, 2.24) is 25.3 Å². The molecule has 28 heavy (non-hydrogen) atoms. The van der Waals surface area contributed by atoms with Crippen LogP contribution in [0.4, 0.5) is 0 Å². The van der Waals surface area contributed by atoms with E-state index in [9.17, 15) is 9.59 Å². The fourth-order valence-corrected chi connectivity index (χ4v) is 3.30. The van der Waals surface area contributed by atoms with Gasteiger partial charge in [0.1, 0.15) is 6.54 Å². The third kappa shape index (κ3) is 7.63. The van der Waals surface area contributed by atoms with Gasteiger partial charge in [0.05, 0.1) is 13.2 Å². The molecule has 2 aliphatic heterocycles. The Labute approximate surface area is 168 Å². The zero-order valence-electron chi connectivity index (χ0n) is 17.6. The van der Waals surface area contributed by atoms with Gasteiger partial charge >= 0.3 is 0 Å². The fraction of sp³-hybridized carbons (Fsp3) is 0.842. The minimum atomic E-state index is -0.0383. The Bertz CT molecular complexity index is 534. The van der Waals surface area contributed by atoms with Crippen LogP contribution in [0.5, 0.6) is 0 Å². The average Bonchev–Trinajstić information content (AvgIpc) is 3.17. The molecule has 2 rings (SSSR count). The molecule has 0 aromatic heterocycles. The molecule has 1 unspecified atom stereocenters. The number of hydrogen-bond acceptors (Lipinski definition) is 5. The summed E-state index contributed by atoms with van der Waals surface area (Å²) in [6.45, 7) is 8.83. The van der Waals surface area contributed by atoms with Gasteiger partial charge in [-0.2, -0.15) is 0 Å². The highest BCUT2D eigenvalue weighted by atomic mass is 16.5. The summed E-state index contributed by atoms with van der Waals surface area (Å²) in [5.41, 5.74) is 0. The van der Waals surface area contributed by atoms with Gasteiger partial charge in [0.25, 0.3) is 0 Å². The van der Waals surface area contributed by atoms with Crippen molar-refractivity contribution in [2.75, 3.05) is 73.1 Å². The van der Waals surface area contributed by atoms with Crippen molar-refractivity contribution in [2.45, 2.75) is 32.2 Å². The highest BCUT2D eigenvalue weighted by Gasteiger charge is 2.25. The van der Waals surface area contributed by atoms with Gasteiger partial charge in [-0.1, -0.05) is 6.92 Å². The summed E-state index contributed by atoms with van der Waals surface area (Å²) >= 11 is 0. The minimum absolute atomic E-state index is 0.0383. The van der Waals surface area contributed by atoms with Gasteiger partial charge in [-0.15, -0.1) is 0 Å². The fourth-order valence-electron chi connectivity index (χ4n) is 3.30. The molecule has 1 atom stereocenters. The molecule has 0 spiro atoms. The maximum atomic E-state index is 11.9. The van der Waals surface area contributed by atoms with Gasteiger partial charge in [-0.05, 0) is 19.4 Å². The summed E-state index contributed by atoms with van der Waals surface area (Å²) < 4.78 is 5.38. The van der Waals surface area contributed by atoms with Gasteiger partial charge in [-0.3, -0.25) is 14.5 Å². The Morgan fingerprint density at radius 1 is 1.21 bits per heavy atom. The molecule has 0 bridgehead atoms. The molecular formula is C19H36N6O3. The van der Waals surface area contributed by atoms with Crippen LogP contribution in [0.3, 0.4) is 0 Å². The molecule has 0 aliphatic carbocycles. The quantitative estimate of drug-likeness (QED) is 0.322. The number of aliphatic imine (C=N–C) groups is 1. The summed E-state index contributed by atoms with van der Waals surface area (Å²) in [5.74, 6) is 0.792. The van der Waals surface area contributed by atoms with Crippen molar-refractivity contribution in [3.05, 3.63) is 0 Å². The van der Waals surface area contributed by atoms with Gasteiger partial charge in [0.2, 0.25) is 11.8 Å². The van der Waals surface area contributed by atoms with E-state index in [0.29, 0.717) is 18.9 Å². The molecule has 9 nitrogen and oxygen atoms in total. The molecule has 2 heterocycles. The van der Waals surface area contributed by atoms with Crippen molar-refractivity contribution in [3.8, 4) is 0 Å². The number of nitrogens with zero attached hydrogens (tertiary/aromatic N) is 4. The number of carbonyl (C=O) groups excluding carboxylic acids is 2. The van der Waals surface area contributed by atoms with Crippen molar-refractivity contribution in [2.24, 2.45) is 4.99 Å². The number of guanidine groups is 1. The maximum absolute atomic E-state index is 11.9. The van der Waals surface area contributed by atoms with Crippen LogP contribution >= 0.6 is 0 Å². The smallest absolute Gasteiger partial charge is 0.243 e. The number of rotatable bonds is 8. The van der Waals surface area contributed by atoms with Crippen LogP contribution in [0.15, 0.2) is 4.99 Å². The lowest BCUT2D eigenvalue weighted by atomic mass is 10.3. The molecule has 0 aromatic rings. The zero-order chi connectivity index (χ0) is 20.4. The van der Waals surface area contributed by atoms with Crippen molar-refractivity contribution in [3.63, 3.8) is 0 Å². The van der Waals surface area contributed by atoms with Gasteiger partial charge in [0, 0.05) is 59.3 Å². The second-order valence-electron chi connectivity index (χ2n) is 7.51. The number of morpholine rings is 1. The molecule has 2 aliphatic rings. The van der Waals surface area contributed by atoms with Crippen molar-refractivity contribution in [1.29, 1.82) is 0 Å². The number of likely N-dealkylation sites (tertiary alicyclic amines) is 1. The second-order valence-corrected chi connectivity index (χ2v) is 7.51. The monoisotopic (exact) mass is 396 g/mol. The molecule has 0 radical (unpaired) electrons. The van der Waals surface area contributed by atoms with Crippen LogP contribution in [0.25, 0.3) is 0 Å². The Morgan fingerprint density at radius 2 is 1.96 bits per heavy atom. The summed E-state index contributed by atoms with van der Waals surface area (Å²) in [5, 5.41) is 6.74. The average molecular weight is 397 g/mol. The largest absolute Gasteiger partial charge is 0.379 e. The van der Waals surface area contributed by atoms with E-state index in [4.69, 9.17) is 4.74 Å². The molecular weight excluding hydrogens is 360 g/mol. The van der Waals surface area contributed by atoms with E-state index in [-0.39, 0.29) is 24.4 Å². The molecule has 2 N–H and O–H groups in total. The van der Waals surface area contributed by atoms with Gasteiger partial charge in [0.15, 0.2) is 5.96 Å². The zero-order valence-corrected chi connectivity index (χ0v) is 17.6. The van der Waals surface area contributed by atoms with E-state index in [2.05, 4.69) is 20.5 Å². The molecule has 0 aromatic carbocycles. The number of ether oxygens (including phenoxy) is 1. The van der Waals surface area contributed by atoms with Crippen LogP contribution in [0, 0.1) is 0 Å². The predicted octanol–water partition coefficient (Wildman–Crippen LogP) is -0.657. The summed E-state index contributed by atoms with van der Waals surface area (Å²) in [6, 6.07) is 0.162. The molecule has 160 valence electrons. The lowest BCUT2D eigenvalue weighted by molar-refractivity contribution is -0.130. The van der Waals surface area contributed by atoms with Gasteiger partial charge in [-0.25, -0.2) is 4.99 Å². The van der Waals surface area contributed by atoms with E-state index in [1.807, 2.05) is 11.8 Å².